The van der Waals surface area contributed by atoms with E-state index in [-0.39, 0.29) is 0 Å². The van der Waals surface area contributed by atoms with Crippen LogP contribution in [0.1, 0.15) is 0 Å². The molecule has 1 fully saturated rings. The molecular formula is C14H21N7O. The molecule has 0 amide bonds. The van der Waals surface area contributed by atoms with Gasteiger partial charge in [0.2, 0.25) is 0 Å². The fourth-order valence-corrected chi connectivity index (χ4v) is 1.20. The zero-order valence-electron chi connectivity index (χ0n) is 12.3. The van der Waals surface area contributed by atoms with E-state index in [1.165, 1.54) is 0 Å². The maximum Gasteiger partial charge on any atom is 0.0919 e. The standard InChI is InChI=1S/C4H4N2.C4H9NO.2C3H4N2/c1-2-6-4-3-5-1;1-3-6-4-2-5-1;1-2-5-3-4-1;1-2-4-5-3-1/h1-4H;5H,1-4H2;2*1-3H,(H,4,5). The zero-order valence-corrected chi connectivity index (χ0v) is 12.3. The Morgan fingerprint density at radius 1 is 0.773 bits per heavy atom. The molecule has 8 heteroatoms. The van der Waals surface area contributed by atoms with Gasteiger partial charge in [-0.3, -0.25) is 15.1 Å². The van der Waals surface area contributed by atoms with Gasteiger partial charge in [0.15, 0.2) is 0 Å². The number of morpholine rings is 1. The van der Waals surface area contributed by atoms with Gasteiger partial charge in [-0.2, -0.15) is 5.10 Å². The molecule has 0 bridgehead atoms. The highest BCUT2D eigenvalue weighted by atomic mass is 16.5. The largest absolute Gasteiger partial charge is 0.379 e. The van der Waals surface area contributed by atoms with Crippen molar-refractivity contribution in [1.29, 1.82) is 0 Å². The summed E-state index contributed by atoms with van der Waals surface area (Å²) in [5, 5.41) is 9.37. The lowest BCUT2D eigenvalue weighted by atomic mass is 10.5. The lowest BCUT2D eigenvalue weighted by Crippen LogP contribution is -2.30. The topological polar surface area (TPSA) is 104 Å². The van der Waals surface area contributed by atoms with Gasteiger partial charge in [0.1, 0.15) is 0 Å². The summed E-state index contributed by atoms with van der Waals surface area (Å²) in [7, 11) is 0. The summed E-state index contributed by atoms with van der Waals surface area (Å²) in [5.74, 6) is 0. The molecule has 0 atom stereocenters. The van der Waals surface area contributed by atoms with Crippen molar-refractivity contribution >= 4 is 0 Å². The Hall–Kier alpha value is -2.58. The third kappa shape index (κ3) is 12.5. The normalized spacial score (nSPS) is 12.4. The van der Waals surface area contributed by atoms with E-state index in [2.05, 4.69) is 35.5 Å². The van der Waals surface area contributed by atoms with Crippen molar-refractivity contribution in [2.45, 2.75) is 0 Å². The molecule has 1 aliphatic rings. The second-order valence-corrected chi connectivity index (χ2v) is 3.78. The molecule has 1 aliphatic heterocycles. The molecule has 0 saturated carbocycles. The maximum absolute atomic E-state index is 5.01. The Labute approximate surface area is 129 Å². The van der Waals surface area contributed by atoms with Gasteiger partial charge < -0.3 is 15.0 Å². The average molecular weight is 303 g/mol. The van der Waals surface area contributed by atoms with Crippen LogP contribution in [-0.4, -0.2) is 56.4 Å². The maximum atomic E-state index is 5.01. The van der Waals surface area contributed by atoms with Crippen LogP contribution < -0.4 is 5.32 Å². The molecule has 0 unspecified atom stereocenters. The summed E-state index contributed by atoms with van der Waals surface area (Å²) in [6.07, 6.45) is 15.1. The molecule has 1 saturated heterocycles. The number of ether oxygens (including phenoxy) is 1. The van der Waals surface area contributed by atoms with Crippen LogP contribution in [0, 0.1) is 0 Å². The SMILES string of the molecule is C1COCCN1.c1c[nH]cn1.c1cn[nH]c1.c1cnccn1. The van der Waals surface area contributed by atoms with Crippen LogP contribution in [0.15, 0.2) is 62.0 Å². The quantitative estimate of drug-likeness (QED) is 0.570. The fourth-order valence-electron chi connectivity index (χ4n) is 1.20. The van der Waals surface area contributed by atoms with Crippen molar-refractivity contribution in [3.63, 3.8) is 0 Å². The van der Waals surface area contributed by atoms with Crippen LogP contribution in [0.3, 0.4) is 0 Å². The predicted octanol–water partition coefficient (Wildman–Crippen LogP) is 0.902. The van der Waals surface area contributed by atoms with Crippen LogP contribution in [0.4, 0.5) is 0 Å². The fraction of sp³-hybridized carbons (Fsp3) is 0.286. The minimum atomic E-state index is 0.889. The third-order valence-corrected chi connectivity index (χ3v) is 2.14. The first-order valence-corrected chi connectivity index (χ1v) is 6.85. The van der Waals surface area contributed by atoms with Crippen molar-refractivity contribution in [3.05, 3.63) is 62.0 Å². The van der Waals surface area contributed by atoms with Gasteiger partial charge in [0.05, 0.1) is 19.5 Å². The van der Waals surface area contributed by atoms with E-state index >= 15 is 0 Å². The minimum Gasteiger partial charge on any atom is -0.379 e. The molecule has 3 aromatic rings. The van der Waals surface area contributed by atoms with Gasteiger partial charge in [-0.1, -0.05) is 0 Å². The molecule has 0 aliphatic carbocycles. The van der Waals surface area contributed by atoms with E-state index in [1.807, 2.05) is 6.07 Å². The molecule has 22 heavy (non-hydrogen) atoms. The van der Waals surface area contributed by atoms with Gasteiger partial charge in [-0.05, 0) is 6.07 Å². The molecular weight excluding hydrogens is 282 g/mol. The smallest absolute Gasteiger partial charge is 0.0919 e. The number of aromatic amines is 2. The Morgan fingerprint density at radius 2 is 1.50 bits per heavy atom. The first kappa shape index (κ1) is 17.5. The third-order valence-electron chi connectivity index (χ3n) is 2.14. The summed E-state index contributed by atoms with van der Waals surface area (Å²) < 4.78 is 5.01. The van der Waals surface area contributed by atoms with Crippen LogP contribution in [0.25, 0.3) is 0 Å². The summed E-state index contributed by atoms with van der Waals surface area (Å²) in [5.41, 5.74) is 0. The van der Waals surface area contributed by atoms with Gasteiger partial charge in [0, 0.05) is 62.7 Å². The van der Waals surface area contributed by atoms with Crippen molar-refractivity contribution in [2.75, 3.05) is 26.3 Å². The summed E-state index contributed by atoms with van der Waals surface area (Å²) in [4.78, 5) is 13.9. The number of H-pyrrole nitrogens is 2. The van der Waals surface area contributed by atoms with Gasteiger partial charge in [-0.15, -0.1) is 0 Å². The molecule has 0 radical (unpaired) electrons. The van der Waals surface area contributed by atoms with Crippen LogP contribution in [0.5, 0.6) is 0 Å². The van der Waals surface area contributed by atoms with Crippen LogP contribution >= 0.6 is 0 Å². The molecule has 0 aromatic carbocycles. The number of hydrogen-bond acceptors (Lipinski definition) is 6. The number of nitrogens with one attached hydrogen (secondary N) is 3. The molecule has 3 N–H and O–H groups in total. The first-order valence-electron chi connectivity index (χ1n) is 6.85. The number of imidazole rings is 1. The summed E-state index contributed by atoms with van der Waals surface area (Å²) in [6, 6.07) is 1.83. The van der Waals surface area contributed by atoms with E-state index in [0.717, 1.165) is 26.3 Å². The van der Waals surface area contributed by atoms with E-state index < -0.39 is 0 Å². The van der Waals surface area contributed by atoms with Crippen LogP contribution in [-0.2, 0) is 4.74 Å². The number of nitrogens with zero attached hydrogens (tertiary/aromatic N) is 4. The van der Waals surface area contributed by atoms with Crippen molar-refractivity contribution < 1.29 is 4.74 Å². The number of rotatable bonds is 0. The highest BCUT2D eigenvalue weighted by Crippen LogP contribution is 1.76. The number of aromatic nitrogens is 6. The highest BCUT2D eigenvalue weighted by Gasteiger charge is 1.92. The van der Waals surface area contributed by atoms with Crippen molar-refractivity contribution in [1.82, 2.24) is 35.5 Å². The zero-order chi connectivity index (χ0) is 15.6. The molecule has 4 rings (SSSR count). The molecule has 3 aromatic heterocycles. The second-order valence-electron chi connectivity index (χ2n) is 3.78. The van der Waals surface area contributed by atoms with Crippen molar-refractivity contribution in [2.24, 2.45) is 0 Å². The van der Waals surface area contributed by atoms with Gasteiger partial charge >= 0.3 is 0 Å². The van der Waals surface area contributed by atoms with Crippen LogP contribution in [0.2, 0.25) is 0 Å². The first-order chi connectivity index (χ1) is 11.0. The van der Waals surface area contributed by atoms with E-state index in [9.17, 15) is 0 Å². The minimum absolute atomic E-state index is 0.889. The van der Waals surface area contributed by atoms with E-state index in [4.69, 9.17) is 4.74 Å². The monoisotopic (exact) mass is 303 g/mol. The van der Waals surface area contributed by atoms with E-state index in [0.29, 0.717) is 0 Å². The Kier molecular flexibility index (Phi) is 11.8. The molecule has 8 nitrogen and oxygen atoms in total. The van der Waals surface area contributed by atoms with E-state index in [1.54, 1.807) is 55.9 Å². The Morgan fingerprint density at radius 3 is 1.68 bits per heavy atom. The highest BCUT2D eigenvalue weighted by molar-refractivity contribution is 4.72. The Bertz CT molecular complexity index is 384. The number of hydrogen-bond donors (Lipinski definition) is 3. The lowest BCUT2D eigenvalue weighted by molar-refractivity contribution is 0.109. The second kappa shape index (κ2) is 14.8. The molecule has 118 valence electrons. The lowest BCUT2D eigenvalue weighted by Gasteiger charge is -2.10. The average Bonchev–Trinajstić information content (AvgIpc) is 3.37. The molecule has 4 heterocycles. The van der Waals surface area contributed by atoms with Gasteiger partial charge in [-0.25, -0.2) is 4.98 Å². The molecule has 0 spiro atoms. The van der Waals surface area contributed by atoms with Crippen molar-refractivity contribution in [3.8, 4) is 0 Å². The predicted molar refractivity (Wildman–Crippen MR) is 82.9 cm³/mol. The Balaban J connectivity index is 0.000000147. The summed E-state index contributed by atoms with van der Waals surface area (Å²) >= 11 is 0. The summed E-state index contributed by atoms with van der Waals surface area (Å²) in [6.45, 7) is 3.83. The van der Waals surface area contributed by atoms with Gasteiger partial charge in [0.25, 0.3) is 0 Å².